The van der Waals surface area contributed by atoms with Crippen LogP contribution in [0.1, 0.15) is 0 Å². The van der Waals surface area contributed by atoms with Crippen LogP contribution >= 0.6 is 0 Å². The van der Waals surface area contributed by atoms with Crippen molar-refractivity contribution >= 4 is 0 Å². The Balaban J connectivity index is 2.54. The van der Waals surface area contributed by atoms with Gasteiger partial charge in [-0.25, -0.2) is 0 Å². The summed E-state index contributed by atoms with van der Waals surface area (Å²) in [4.78, 5) is 10.1. The predicted molar refractivity (Wildman–Crippen MR) is 52.7 cm³/mol. The highest BCUT2D eigenvalue weighted by Crippen LogP contribution is 1.89. The first-order valence-electron chi connectivity index (χ1n) is 4.36. The molecule has 0 bridgehead atoms. The van der Waals surface area contributed by atoms with Gasteiger partial charge in [-0.3, -0.25) is 0 Å². The van der Waals surface area contributed by atoms with Crippen molar-refractivity contribution in [2.24, 2.45) is 0 Å². The van der Waals surface area contributed by atoms with Crippen LogP contribution in [0, 0.1) is 23.7 Å². The number of hydrogen-bond donors (Lipinski definition) is 0. The van der Waals surface area contributed by atoms with Gasteiger partial charge < -0.3 is 9.68 Å². The highest BCUT2D eigenvalue weighted by Gasteiger charge is 2.01. The fourth-order valence-corrected chi connectivity index (χ4v) is 0.946. The van der Waals surface area contributed by atoms with Gasteiger partial charge in [-0.15, -0.1) is 0 Å². The average molecular weight is 194 g/mol. The van der Waals surface area contributed by atoms with Crippen molar-refractivity contribution in [3.05, 3.63) is 0 Å². The molecule has 0 unspecified atom stereocenters. The zero-order valence-electron chi connectivity index (χ0n) is 8.54. The van der Waals surface area contributed by atoms with E-state index >= 15 is 0 Å². The lowest BCUT2D eigenvalue weighted by Crippen LogP contribution is -2.26. The molecule has 0 aliphatic carbocycles. The topological polar surface area (TPSA) is 24.9 Å². The minimum atomic E-state index is 0.572. The highest BCUT2D eigenvalue weighted by atomic mass is 16.7. The Labute approximate surface area is 84.7 Å². The van der Waals surface area contributed by atoms with Gasteiger partial charge in [0, 0.05) is 0 Å². The van der Waals surface area contributed by atoms with E-state index in [0.717, 1.165) is 0 Å². The van der Waals surface area contributed by atoms with Crippen molar-refractivity contribution in [2.75, 3.05) is 40.4 Å². The van der Waals surface area contributed by atoms with E-state index in [1.54, 1.807) is 24.3 Å². The Morgan fingerprint density at radius 1 is 0.714 bits per heavy atom. The monoisotopic (exact) mass is 194 g/mol. The van der Waals surface area contributed by atoms with Crippen LogP contribution < -0.4 is 0 Å². The van der Waals surface area contributed by atoms with Crippen molar-refractivity contribution in [1.29, 1.82) is 0 Å². The fourth-order valence-electron chi connectivity index (χ4n) is 0.946. The predicted octanol–water partition coefficient (Wildman–Crippen LogP) is -0.266. The standard InChI is InChI=1S/C10H14N2O2/c1-13-11-7-3-5-9-12(14-2)10-6-4-8-11/h7-10H2,1-2H3. The molecule has 0 spiro atoms. The third-order valence-electron chi connectivity index (χ3n) is 1.79. The van der Waals surface area contributed by atoms with Crippen LogP contribution in [0.2, 0.25) is 0 Å². The lowest BCUT2D eigenvalue weighted by atomic mass is 10.4. The van der Waals surface area contributed by atoms with Gasteiger partial charge in [0.2, 0.25) is 0 Å². The van der Waals surface area contributed by atoms with Gasteiger partial charge in [-0.2, -0.15) is 10.1 Å². The Bertz CT molecular complexity index is 232. The van der Waals surface area contributed by atoms with Crippen LogP contribution in [0.25, 0.3) is 0 Å². The van der Waals surface area contributed by atoms with Crippen molar-refractivity contribution in [1.82, 2.24) is 10.1 Å². The maximum Gasteiger partial charge on any atom is 0.0862 e. The fraction of sp³-hybridized carbons (Fsp3) is 0.600. The summed E-state index contributed by atoms with van der Waals surface area (Å²) in [6.45, 7) is 2.29. The largest absolute Gasteiger partial charge is 0.300 e. The molecule has 0 aromatic rings. The van der Waals surface area contributed by atoms with Gasteiger partial charge in [0.05, 0.1) is 40.4 Å². The van der Waals surface area contributed by atoms with Gasteiger partial charge in [0.1, 0.15) is 0 Å². The summed E-state index contributed by atoms with van der Waals surface area (Å²) in [7, 11) is 3.24. The molecule has 0 aromatic carbocycles. The molecule has 0 saturated carbocycles. The third-order valence-corrected chi connectivity index (χ3v) is 1.79. The smallest absolute Gasteiger partial charge is 0.0862 e. The maximum atomic E-state index is 5.06. The Morgan fingerprint density at radius 3 is 1.21 bits per heavy atom. The third kappa shape index (κ3) is 3.78. The van der Waals surface area contributed by atoms with Crippen molar-refractivity contribution in [3.8, 4) is 23.7 Å². The zero-order chi connectivity index (χ0) is 10.2. The molecule has 1 aliphatic rings. The lowest BCUT2D eigenvalue weighted by Gasteiger charge is -2.15. The first-order valence-corrected chi connectivity index (χ1v) is 4.36. The normalized spacial score (nSPS) is 19.0. The molecule has 76 valence electrons. The van der Waals surface area contributed by atoms with E-state index in [0.29, 0.717) is 26.2 Å². The second-order valence-electron chi connectivity index (χ2n) is 2.67. The first-order chi connectivity index (χ1) is 6.86. The minimum Gasteiger partial charge on any atom is -0.300 e. The molecule has 1 heterocycles. The molecule has 1 aliphatic heterocycles. The van der Waals surface area contributed by atoms with Gasteiger partial charge in [0.25, 0.3) is 0 Å². The van der Waals surface area contributed by atoms with Gasteiger partial charge in [0.15, 0.2) is 0 Å². The van der Waals surface area contributed by atoms with Gasteiger partial charge >= 0.3 is 0 Å². The summed E-state index contributed by atoms with van der Waals surface area (Å²) in [5.74, 6) is 11.9. The molecule has 0 saturated heterocycles. The molecule has 0 amide bonds. The van der Waals surface area contributed by atoms with Crippen LogP contribution in [0.4, 0.5) is 0 Å². The molecule has 0 fully saturated rings. The molecule has 0 radical (unpaired) electrons. The van der Waals surface area contributed by atoms with E-state index in [9.17, 15) is 0 Å². The van der Waals surface area contributed by atoms with E-state index in [1.165, 1.54) is 0 Å². The molecule has 14 heavy (non-hydrogen) atoms. The van der Waals surface area contributed by atoms with Crippen LogP contribution in [-0.4, -0.2) is 50.5 Å². The summed E-state index contributed by atoms with van der Waals surface area (Å²) in [6.07, 6.45) is 0. The van der Waals surface area contributed by atoms with Gasteiger partial charge in [-0.05, 0) is 0 Å². The average Bonchev–Trinajstić information content (AvgIpc) is 2.25. The van der Waals surface area contributed by atoms with Crippen LogP contribution in [0.15, 0.2) is 0 Å². The van der Waals surface area contributed by atoms with E-state index in [-0.39, 0.29) is 0 Å². The van der Waals surface area contributed by atoms with E-state index in [2.05, 4.69) is 23.7 Å². The second kappa shape index (κ2) is 6.42. The molecule has 0 N–H and O–H groups in total. The van der Waals surface area contributed by atoms with E-state index < -0.39 is 0 Å². The van der Waals surface area contributed by atoms with Crippen LogP contribution in [0.3, 0.4) is 0 Å². The number of nitrogens with zero attached hydrogens (tertiary/aromatic N) is 2. The number of hydroxylamine groups is 4. The van der Waals surface area contributed by atoms with Gasteiger partial charge in [-0.1, -0.05) is 23.7 Å². The number of rotatable bonds is 2. The van der Waals surface area contributed by atoms with Crippen LogP contribution in [0.5, 0.6) is 0 Å². The molecule has 4 nitrogen and oxygen atoms in total. The minimum absolute atomic E-state index is 0.572. The van der Waals surface area contributed by atoms with Crippen LogP contribution in [-0.2, 0) is 9.68 Å². The lowest BCUT2D eigenvalue weighted by molar-refractivity contribution is -0.113. The molecule has 1 rings (SSSR count). The summed E-state index contributed by atoms with van der Waals surface area (Å²) >= 11 is 0. The van der Waals surface area contributed by atoms with Crippen molar-refractivity contribution < 1.29 is 9.68 Å². The molecule has 0 atom stereocenters. The quantitative estimate of drug-likeness (QED) is 0.565. The maximum absolute atomic E-state index is 5.06. The Kier molecular flexibility index (Phi) is 5.06. The molecule has 4 heteroatoms. The second-order valence-corrected chi connectivity index (χ2v) is 2.67. The van der Waals surface area contributed by atoms with Crippen molar-refractivity contribution in [2.45, 2.75) is 0 Å². The summed E-state index contributed by atoms with van der Waals surface area (Å²) in [6, 6.07) is 0. The van der Waals surface area contributed by atoms with Crippen molar-refractivity contribution in [3.63, 3.8) is 0 Å². The first kappa shape index (κ1) is 11.0. The van der Waals surface area contributed by atoms with E-state index in [4.69, 9.17) is 9.68 Å². The summed E-state index contributed by atoms with van der Waals surface area (Å²) < 4.78 is 0. The molecular weight excluding hydrogens is 180 g/mol. The zero-order valence-corrected chi connectivity index (χ0v) is 8.54. The molecular formula is C10H14N2O2. The van der Waals surface area contributed by atoms with E-state index in [1.807, 2.05) is 0 Å². The SMILES string of the molecule is CON1CC#CCN(OC)CC#CC1. The summed E-state index contributed by atoms with van der Waals surface area (Å²) in [5, 5.41) is 3.42. The summed E-state index contributed by atoms with van der Waals surface area (Å²) in [5.41, 5.74) is 0. The number of hydrogen-bond acceptors (Lipinski definition) is 4. The Hall–Kier alpha value is -1.04. The molecule has 0 aromatic heterocycles. The Morgan fingerprint density at radius 2 is 1.00 bits per heavy atom. The highest BCUT2D eigenvalue weighted by molar-refractivity contribution is 5.08.